The number of methoxy groups -OCH3 is 1. The van der Waals surface area contributed by atoms with Gasteiger partial charge in [0.2, 0.25) is 10.0 Å². The highest BCUT2D eigenvalue weighted by Gasteiger charge is 2.24. The van der Waals surface area contributed by atoms with Crippen molar-refractivity contribution in [2.24, 2.45) is 0 Å². The maximum absolute atomic E-state index is 12.9. The van der Waals surface area contributed by atoms with Gasteiger partial charge in [-0.25, -0.2) is 8.42 Å². The molecule has 0 spiro atoms. The Kier molecular flexibility index (Phi) is 7.84. The highest BCUT2D eigenvalue weighted by Crippen LogP contribution is 2.29. The van der Waals surface area contributed by atoms with Crippen LogP contribution in [-0.2, 0) is 14.8 Å². The number of sulfonamides is 1. The summed E-state index contributed by atoms with van der Waals surface area (Å²) in [5, 5.41) is 9.45. The molecule has 0 aliphatic heterocycles. The lowest BCUT2D eigenvalue weighted by Crippen LogP contribution is -2.30. The fraction of sp³-hybridized carbons (Fsp3) is 0.556. The van der Waals surface area contributed by atoms with Crippen LogP contribution in [0.15, 0.2) is 34.3 Å². The Morgan fingerprint density at radius 2 is 1.93 bits per heavy atom. The number of hydrogen-bond donors (Lipinski definition) is 0. The molecule has 0 fully saturated rings. The first-order valence-corrected chi connectivity index (χ1v) is 11.5. The maximum atomic E-state index is 12.9. The summed E-state index contributed by atoms with van der Waals surface area (Å²) in [6.07, 6.45) is 0. The number of thioether (sulfide) groups is 1. The van der Waals surface area contributed by atoms with Crippen LogP contribution in [0.5, 0.6) is 0 Å². The van der Waals surface area contributed by atoms with E-state index in [1.54, 1.807) is 37.1 Å². The molecule has 0 N–H and O–H groups in total. The third-order valence-corrected chi connectivity index (χ3v) is 7.09. The van der Waals surface area contributed by atoms with Gasteiger partial charge in [0.05, 0.1) is 17.5 Å². The van der Waals surface area contributed by atoms with E-state index < -0.39 is 10.0 Å². The maximum Gasteiger partial charge on any atom is 0.243 e. The molecule has 1 aromatic heterocycles. The van der Waals surface area contributed by atoms with Crippen molar-refractivity contribution in [3.05, 3.63) is 24.3 Å². The molecule has 0 aliphatic rings. The average Bonchev–Trinajstić information content (AvgIpc) is 3.07. The zero-order valence-electron chi connectivity index (χ0n) is 16.5. The largest absolute Gasteiger partial charge is 0.383 e. The molecule has 7 nitrogen and oxygen atoms in total. The first kappa shape index (κ1) is 21.9. The molecule has 1 atom stereocenters. The first-order chi connectivity index (χ1) is 12.9. The van der Waals surface area contributed by atoms with E-state index in [-0.39, 0.29) is 10.9 Å². The molecule has 27 heavy (non-hydrogen) atoms. The van der Waals surface area contributed by atoms with Crippen molar-refractivity contribution in [1.29, 1.82) is 0 Å². The van der Waals surface area contributed by atoms with E-state index >= 15 is 0 Å². The Hall–Kier alpha value is -1.42. The molecular weight excluding hydrogens is 384 g/mol. The second-order valence-corrected chi connectivity index (χ2v) is 9.20. The van der Waals surface area contributed by atoms with Gasteiger partial charge in [-0.05, 0) is 24.8 Å². The molecule has 9 heteroatoms. The summed E-state index contributed by atoms with van der Waals surface area (Å²) < 4.78 is 34.5. The van der Waals surface area contributed by atoms with Crippen molar-refractivity contribution in [3.63, 3.8) is 0 Å². The molecule has 0 amide bonds. The summed E-state index contributed by atoms with van der Waals surface area (Å²) in [6.45, 7) is 9.14. The zero-order valence-corrected chi connectivity index (χ0v) is 18.2. The predicted molar refractivity (Wildman–Crippen MR) is 109 cm³/mol. The average molecular weight is 413 g/mol. The van der Waals surface area contributed by atoms with Crippen LogP contribution in [0.3, 0.4) is 0 Å². The number of nitrogens with zero attached hydrogens (tertiary/aromatic N) is 4. The van der Waals surface area contributed by atoms with Gasteiger partial charge in [-0.3, -0.25) is 4.57 Å². The van der Waals surface area contributed by atoms with E-state index in [9.17, 15) is 8.42 Å². The second-order valence-electron chi connectivity index (χ2n) is 6.03. The molecule has 0 aliphatic carbocycles. The van der Waals surface area contributed by atoms with E-state index in [4.69, 9.17) is 4.74 Å². The minimum absolute atomic E-state index is 0.0251. The van der Waals surface area contributed by atoms with Crippen molar-refractivity contribution in [2.75, 3.05) is 32.6 Å². The fourth-order valence-electron chi connectivity index (χ4n) is 2.92. The van der Waals surface area contributed by atoms with Crippen molar-refractivity contribution in [3.8, 4) is 11.4 Å². The third kappa shape index (κ3) is 4.71. The van der Waals surface area contributed by atoms with E-state index in [0.29, 0.717) is 25.5 Å². The van der Waals surface area contributed by atoms with Crippen molar-refractivity contribution >= 4 is 21.8 Å². The van der Waals surface area contributed by atoms with Crippen molar-refractivity contribution in [2.45, 2.75) is 43.8 Å². The fourth-order valence-corrected chi connectivity index (χ4v) is 5.19. The number of ether oxygens (including phenoxy) is 1. The molecule has 1 aromatic carbocycles. The topological polar surface area (TPSA) is 77.3 Å². The number of hydrogen-bond acceptors (Lipinski definition) is 6. The predicted octanol–water partition coefficient (Wildman–Crippen LogP) is 3.30. The molecule has 0 saturated carbocycles. The Morgan fingerprint density at radius 1 is 1.22 bits per heavy atom. The Bertz CT molecular complexity index is 848. The Labute approximate surface area is 166 Å². The molecule has 2 rings (SSSR count). The van der Waals surface area contributed by atoms with E-state index in [2.05, 4.69) is 17.1 Å². The van der Waals surface area contributed by atoms with E-state index in [1.807, 2.05) is 31.4 Å². The van der Waals surface area contributed by atoms with Gasteiger partial charge in [0.25, 0.3) is 0 Å². The summed E-state index contributed by atoms with van der Waals surface area (Å²) in [6, 6.07) is 6.93. The lowest BCUT2D eigenvalue weighted by Gasteiger charge is -2.19. The number of aromatic nitrogens is 3. The van der Waals surface area contributed by atoms with E-state index in [1.165, 1.54) is 4.31 Å². The van der Waals surface area contributed by atoms with Crippen LogP contribution in [0.1, 0.15) is 33.7 Å². The van der Waals surface area contributed by atoms with Crippen LogP contribution >= 0.6 is 11.8 Å². The van der Waals surface area contributed by atoms with Crippen LogP contribution in [-0.4, -0.2) is 60.0 Å². The lowest BCUT2D eigenvalue weighted by molar-refractivity contribution is 0.159. The monoisotopic (exact) mass is 412 g/mol. The number of benzene rings is 1. The zero-order chi connectivity index (χ0) is 20.0. The van der Waals surface area contributed by atoms with Gasteiger partial charge in [-0.15, -0.1) is 10.2 Å². The van der Waals surface area contributed by atoms with Gasteiger partial charge in [-0.1, -0.05) is 44.7 Å². The van der Waals surface area contributed by atoms with Crippen LogP contribution in [0, 0.1) is 0 Å². The molecule has 2 aromatic rings. The van der Waals surface area contributed by atoms with Gasteiger partial charge in [-0.2, -0.15) is 4.31 Å². The minimum Gasteiger partial charge on any atom is -0.383 e. The molecule has 0 saturated heterocycles. The van der Waals surface area contributed by atoms with Gasteiger partial charge in [0.1, 0.15) is 0 Å². The van der Waals surface area contributed by atoms with Crippen LogP contribution in [0.4, 0.5) is 0 Å². The minimum atomic E-state index is -3.53. The molecule has 1 heterocycles. The second kappa shape index (κ2) is 9.68. The highest BCUT2D eigenvalue weighted by atomic mass is 32.2. The quantitative estimate of drug-likeness (QED) is 0.557. The highest BCUT2D eigenvalue weighted by molar-refractivity contribution is 7.99. The SMILES string of the molecule is CCSc1nnc(-c2cccc(S(=O)(=O)N(CC)CC)c2)n1[C@@H](C)COC. The number of rotatable bonds is 10. The summed E-state index contributed by atoms with van der Waals surface area (Å²) >= 11 is 1.60. The van der Waals surface area contributed by atoms with Crippen LogP contribution in [0.25, 0.3) is 11.4 Å². The molecule has 0 bridgehead atoms. The standard InChI is InChI=1S/C18H28N4O3S2/c1-6-21(7-2)27(23,24)16-11-9-10-15(12-16)17-19-20-18(26-8-3)22(17)14(4)13-25-5/h9-12,14H,6-8,13H2,1-5H3/t14-/m0/s1. The van der Waals surface area contributed by atoms with Crippen LogP contribution < -0.4 is 0 Å². The van der Waals surface area contributed by atoms with Crippen molar-refractivity contribution < 1.29 is 13.2 Å². The summed E-state index contributed by atoms with van der Waals surface area (Å²) in [7, 11) is -1.88. The summed E-state index contributed by atoms with van der Waals surface area (Å²) in [5.41, 5.74) is 0.724. The van der Waals surface area contributed by atoms with Gasteiger partial charge < -0.3 is 4.74 Å². The normalized spacial score (nSPS) is 13.3. The molecule has 0 unspecified atom stereocenters. The molecular formula is C18H28N4O3S2. The smallest absolute Gasteiger partial charge is 0.243 e. The van der Waals surface area contributed by atoms with E-state index in [0.717, 1.165) is 16.5 Å². The lowest BCUT2D eigenvalue weighted by atomic mass is 10.2. The Morgan fingerprint density at radius 3 is 2.52 bits per heavy atom. The third-order valence-electron chi connectivity index (χ3n) is 4.22. The van der Waals surface area contributed by atoms with Gasteiger partial charge in [0.15, 0.2) is 11.0 Å². The molecule has 0 radical (unpaired) electrons. The van der Waals surface area contributed by atoms with Crippen molar-refractivity contribution in [1.82, 2.24) is 19.1 Å². The summed E-state index contributed by atoms with van der Waals surface area (Å²) in [5.74, 6) is 1.51. The van der Waals surface area contributed by atoms with Gasteiger partial charge >= 0.3 is 0 Å². The van der Waals surface area contributed by atoms with Gasteiger partial charge in [0, 0.05) is 25.8 Å². The van der Waals surface area contributed by atoms with Crippen LogP contribution in [0.2, 0.25) is 0 Å². The molecule has 150 valence electrons. The Balaban J connectivity index is 2.54. The summed E-state index contributed by atoms with van der Waals surface area (Å²) in [4.78, 5) is 0.266. The first-order valence-electron chi connectivity index (χ1n) is 9.07.